The number of nitrogens with one attached hydrogen (secondary N) is 2. The molecule has 2 unspecified atom stereocenters. The van der Waals surface area contributed by atoms with Gasteiger partial charge >= 0.3 is 0 Å². The van der Waals surface area contributed by atoms with Gasteiger partial charge in [-0.3, -0.25) is 4.79 Å². The van der Waals surface area contributed by atoms with Crippen LogP contribution in [0.5, 0.6) is 0 Å². The van der Waals surface area contributed by atoms with E-state index in [0.29, 0.717) is 5.92 Å². The van der Waals surface area contributed by atoms with Crippen molar-refractivity contribution < 1.29 is 4.79 Å². The number of rotatable bonds is 3. The third-order valence-corrected chi connectivity index (χ3v) is 4.24. The second-order valence-electron chi connectivity index (χ2n) is 5.89. The normalized spacial score (nSPS) is 32.4. The second kappa shape index (κ2) is 8.00. The van der Waals surface area contributed by atoms with Crippen LogP contribution >= 0.6 is 12.4 Å². The van der Waals surface area contributed by atoms with Gasteiger partial charge in [0.15, 0.2) is 0 Å². The summed E-state index contributed by atoms with van der Waals surface area (Å²) in [6.07, 6.45) is 8.70. The molecule has 1 aliphatic heterocycles. The summed E-state index contributed by atoms with van der Waals surface area (Å²) in [5.74, 6) is 1.78. The van der Waals surface area contributed by atoms with Crippen LogP contribution in [0.2, 0.25) is 0 Å². The van der Waals surface area contributed by atoms with E-state index in [-0.39, 0.29) is 24.4 Å². The fourth-order valence-corrected chi connectivity index (χ4v) is 3.19. The lowest BCUT2D eigenvalue weighted by atomic mass is 9.82. The summed E-state index contributed by atoms with van der Waals surface area (Å²) in [4.78, 5) is 11.9. The molecule has 2 aliphatic rings. The van der Waals surface area contributed by atoms with Gasteiger partial charge in [0.25, 0.3) is 0 Å². The molecule has 0 aromatic rings. The van der Waals surface area contributed by atoms with Crippen molar-refractivity contribution in [2.24, 2.45) is 11.8 Å². The van der Waals surface area contributed by atoms with E-state index >= 15 is 0 Å². The summed E-state index contributed by atoms with van der Waals surface area (Å²) >= 11 is 0. The summed E-state index contributed by atoms with van der Waals surface area (Å²) in [5.41, 5.74) is 0. The van der Waals surface area contributed by atoms with Crippen LogP contribution in [0, 0.1) is 11.8 Å². The van der Waals surface area contributed by atoms with Gasteiger partial charge in [-0.05, 0) is 44.1 Å². The third-order valence-electron chi connectivity index (χ3n) is 4.24. The van der Waals surface area contributed by atoms with Crippen LogP contribution in [0.25, 0.3) is 0 Å². The molecule has 2 rings (SSSR count). The van der Waals surface area contributed by atoms with Gasteiger partial charge in [-0.15, -0.1) is 12.4 Å². The number of hydrogen-bond acceptors (Lipinski definition) is 2. The lowest BCUT2D eigenvalue weighted by Gasteiger charge is -2.28. The Labute approximate surface area is 117 Å². The maximum atomic E-state index is 11.9. The van der Waals surface area contributed by atoms with Crippen LogP contribution < -0.4 is 10.6 Å². The molecule has 0 spiro atoms. The van der Waals surface area contributed by atoms with Gasteiger partial charge in [0, 0.05) is 6.54 Å². The SMILES string of the molecule is CC1CCCC(CNC(=O)[C@@H]2CCCCN2)C1.Cl. The van der Waals surface area contributed by atoms with Gasteiger partial charge < -0.3 is 10.6 Å². The summed E-state index contributed by atoms with van der Waals surface area (Å²) < 4.78 is 0. The molecule has 0 bridgehead atoms. The summed E-state index contributed by atoms with van der Waals surface area (Å²) in [7, 11) is 0. The maximum Gasteiger partial charge on any atom is 0.237 e. The average Bonchev–Trinajstić information content (AvgIpc) is 2.37. The molecular weight excluding hydrogens is 248 g/mol. The van der Waals surface area contributed by atoms with E-state index in [1.54, 1.807) is 0 Å². The molecule has 0 aromatic heterocycles. The van der Waals surface area contributed by atoms with Crippen molar-refractivity contribution in [2.45, 2.75) is 57.9 Å². The second-order valence-corrected chi connectivity index (χ2v) is 5.89. The highest BCUT2D eigenvalue weighted by molar-refractivity contribution is 5.85. The van der Waals surface area contributed by atoms with Crippen molar-refractivity contribution in [1.29, 1.82) is 0 Å². The number of amides is 1. The van der Waals surface area contributed by atoms with Crippen LogP contribution in [0.3, 0.4) is 0 Å². The zero-order chi connectivity index (χ0) is 12.1. The van der Waals surface area contributed by atoms with E-state index in [2.05, 4.69) is 17.6 Å². The smallest absolute Gasteiger partial charge is 0.237 e. The van der Waals surface area contributed by atoms with Crippen LogP contribution in [-0.4, -0.2) is 25.0 Å². The van der Waals surface area contributed by atoms with Crippen molar-refractivity contribution in [2.75, 3.05) is 13.1 Å². The molecule has 0 radical (unpaired) electrons. The quantitative estimate of drug-likeness (QED) is 0.830. The van der Waals surface area contributed by atoms with Gasteiger partial charge in [-0.2, -0.15) is 0 Å². The minimum atomic E-state index is 0. The van der Waals surface area contributed by atoms with E-state index in [1.165, 1.54) is 38.5 Å². The largest absolute Gasteiger partial charge is 0.354 e. The minimum absolute atomic E-state index is 0. The van der Waals surface area contributed by atoms with Gasteiger partial charge in [-0.1, -0.05) is 26.2 Å². The zero-order valence-electron chi connectivity index (χ0n) is 11.4. The van der Waals surface area contributed by atoms with Crippen LogP contribution in [-0.2, 0) is 4.79 Å². The number of carbonyl (C=O) groups excluding carboxylic acids is 1. The van der Waals surface area contributed by atoms with Gasteiger partial charge in [-0.25, -0.2) is 0 Å². The Hall–Kier alpha value is -0.280. The molecule has 2 N–H and O–H groups in total. The lowest BCUT2D eigenvalue weighted by molar-refractivity contribution is -0.123. The van der Waals surface area contributed by atoms with Gasteiger partial charge in [0.2, 0.25) is 5.91 Å². The molecule has 0 aromatic carbocycles. The molecule has 106 valence electrons. The Morgan fingerprint density at radius 3 is 2.72 bits per heavy atom. The predicted molar refractivity (Wildman–Crippen MR) is 77.0 cm³/mol. The van der Waals surface area contributed by atoms with E-state index in [0.717, 1.165) is 25.4 Å². The monoisotopic (exact) mass is 274 g/mol. The van der Waals surface area contributed by atoms with E-state index < -0.39 is 0 Å². The maximum absolute atomic E-state index is 11.9. The summed E-state index contributed by atoms with van der Waals surface area (Å²) in [6.45, 7) is 4.22. The first-order valence-electron chi connectivity index (χ1n) is 7.27. The predicted octanol–water partition coefficient (Wildman–Crippen LogP) is 2.49. The molecule has 2 fully saturated rings. The first-order chi connectivity index (χ1) is 8.25. The first kappa shape index (κ1) is 15.8. The molecule has 1 amide bonds. The molecule has 3 nitrogen and oxygen atoms in total. The Bertz CT molecular complexity index is 254. The lowest BCUT2D eigenvalue weighted by Crippen LogP contribution is -2.47. The fraction of sp³-hybridized carbons (Fsp3) is 0.929. The van der Waals surface area contributed by atoms with E-state index in [4.69, 9.17) is 0 Å². The standard InChI is InChI=1S/C14H26N2O.ClH/c1-11-5-4-6-12(9-11)10-16-14(17)13-7-2-3-8-15-13;/h11-13,15H,2-10H2,1H3,(H,16,17);1H/t11?,12?,13-;/m0./s1. The molecule has 1 aliphatic carbocycles. The molecule has 1 saturated heterocycles. The highest BCUT2D eigenvalue weighted by Crippen LogP contribution is 2.27. The summed E-state index contributed by atoms with van der Waals surface area (Å²) in [5, 5.41) is 6.44. The molecule has 18 heavy (non-hydrogen) atoms. The van der Waals surface area contributed by atoms with Gasteiger partial charge in [0.05, 0.1) is 6.04 Å². The number of halogens is 1. The Kier molecular flexibility index (Phi) is 7.02. The van der Waals surface area contributed by atoms with E-state index in [9.17, 15) is 4.79 Å². The first-order valence-corrected chi connectivity index (χ1v) is 7.27. The topological polar surface area (TPSA) is 41.1 Å². The van der Waals surface area contributed by atoms with Gasteiger partial charge in [0.1, 0.15) is 0 Å². The Balaban J connectivity index is 0.00000162. The Morgan fingerprint density at radius 2 is 2.06 bits per heavy atom. The van der Waals surface area contributed by atoms with Crippen LogP contribution in [0.4, 0.5) is 0 Å². The number of hydrogen-bond donors (Lipinski definition) is 2. The number of carbonyl (C=O) groups is 1. The minimum Gasteiger partial charge on any atom is -0.354 e. The van der Waals surface area contributed by atoms with Crippen molar-refractivity contribution in [3.8, 4) is 0 Å². The molecule has 4 heteroatoms. The van der Waals surface area contributed by atoms with Crippen molar-refractivity contribution in [1.82, 2.24) is 10.6 Å². The highest BCUT2D eigenvalue weighted by atomic mass is 35.5. The highest BCUT2D eigenvalue weighted by Gasteiger charge is 2.23. The third kappa shape index (κ3) is 4.77. The number of piperidine rings is 1. The Morgan fingerprint density at radius 1 is 1.22 bits per heavy atom. The van der Waals surface area contributed by atoms with Crippen molar-refractivity contribution >= 4 is 18.3 Å². The molecule has 1 heterocycles. The molecular formula is C14H27ClN2O. The molecule has 3 atom stereocenters. The van der Waals surface area contributed by atoms with Crippen LogP contribution in [0.1, 0.15) is 51.9 Å². The van der Waals surface area contributed by atoms with Crippen LogP contribution in [0.15, 0.2) is 0 Å². The van der Waals surface area contributed by atoms with Crippen molar-refractivity contribution in [3.63, 3.8) is 0 Å². The summed E-state index contributed by atoms with van der Waals surface area (Å²) in [6, 6.07) is 0.0739. The fourth-order valence-electron chi connectivity index (χ4n) is 3.19. The van der Waals surface area contributed by atoms with E-state index in [1.807, 2.05) is 0 Å². The molecule has 1 saturated carbocycles. The zero-order valence-corrected chi connectivity index (χ0v) is 12.2. The average molecular weight is 275 g/mol. The van der Waals surface area contributed by atoms with Crippen molar-refractivity contribution in [3.05, 3.63) is 0 Å².